The van der Waals surface area contributed by atoms with Crippen molar-refractivity contribution in [2.45, 2.75) is 72.1 Å². The molecule has 22 heavy (non-hydrogen) atoms. The predicted octanol–water partition coefficient (Wildman–Crippen LogP) is 4.41. The first-order valence-electron chi connectivity index (χ1n) is 8.28. The van der Waals surface area contributed by atoms with Gasteiger partial charge >= 0.3 is 0 Å². The Kier molecular flexibility index (Phi) is 5.06. The summed E-state index contributed by atoms with van der Waals surface area (Å²) in [4.78, 5) is 0. The van der Waals surface area contributed by atoms with Crippen LogP contribution in [0.15, 0.2) is 24.3 Å². The summed E-state index contributed by atoms with van der Waals surface area (Å²) in [5.74, 6) is 1.79. The first-order chi connectivity index (χ1) is 10.1. The standard InChI is InChI=1S/C19H31NO2/c1-18(2,3)13-21-15-8-7-9-16(12-15)22-17-10-14(11-17)20-19(4,5)6/h7-9,12,14,17,20H,10-11,13H2,1-6H3/t14-,17-. The van der Waals surface area contributed by atoms with E-state index in [1.807, 2.05) is 24.3 Å². The Morgan fingerprint density at radius 1 is 1.05 bits per heavy atom. The van der Waals surface area contributed by atoms with E-state index in [1.54, 1.807) is 0 Å². The largest absolute Gasteiger partial charge is 0.493 e. The van der Waals surface area contributed by atoms with Crippen LogP contribution in [-0.4, -0.2) is 24.3 Å². The zero-order valence-electron chi connectivity index (χ0n) is 14.9. The smallest absolute Gasteiger partial charge is 0.123 e. The summed E-state index contributed by atoms with van der Waals surface area (Å²) in [5.41, 5.74) is 0.340. The molecule has 1 saturated carbocycles. The van der Waals surface area contributed by atoms with Gasteiger partial charge in [0.15, 0.2) is 0 Å². The highest BCUT2D eigenvalue weighted by atomic mass is 16.5. The maximum atomic E-state index is 6.05. The molecule has 1 aliphatic carbocycles. The summed E-state index contributed by atoms with van der Waals surface area (Å²) in [6.45, 7) is 13.8. The van der Waals surface area contributed by atoms with E-state index in [4.69, 9.17) is 9.47 Å². The summed E-state index contributed by atoms with van der Waals surface area (Å²) in [6.07, 6.45) is 2.46. The summed E-state index contributed by atoms with van der Waals surface area (Å²) in [7, 11) is 0. The van der Waals surface area contributed by atoms with Gasteiger partial charge in [0.25, 0.3) is 0 Å². The molecule has 2 rings (SSSR count). The maximum absolute atomic E-state index is 6.05. The summed E-state index contributed by atoms with van der Waals surface area (Å²) >= 11 is 0. The van der Waals surface area contributed by atoms with Gasteiger partial charge in [-0.25, -0.2) is 0 Å². The Labute approximate surface area is 135 Å². The van der Waals surface area contributed by atoms with Gasteiger partial charge in [0.05, 0.1) is 6.61 Å². The fourth-order valence-electron chi connectivity index (χ4n) is 2.52. The zero-order valence-corrected chi connectivity index (χ0v) is 14.9. The second kappa shape index (κ2) is 6.49. The van der Waals surface area contributed by atoms with Gasteiger partial charge in [0.1, 0.15) is 17.6 Å². The molecule has 1 aromatic carbocycles. The number of rotatable bonds is 5. The highest BCUT2D eigenvalue weighted by Crippen LogP contribution is 2.29. The molecule has 0 atom stereocenters. The molecule has 0 unspecified atom stereocenters. The monoisotopic (exact) mass is 305 g/mol. The van der Waals surface area contributed by atoms with Crippen molar-refractivity contribution in [3.63, 3.8) is 0 Å². The molecule has 124 valence electrons. The molecule has 1 N–H and O–H groups in total. The summed E-state index contributed by atoms with van der Waals surface area (Å²) < 4.78 is 11.9. The number of hydrogen-bond donors (Lipinski definition) is 1. The molecule has 0 bridgehead atoms. The van der Waals surface area contributed by atoms with Gasteiger partial charge < -0.3 is 14.8 Å². The Morgan fingerprint density at radius 2 is 1.68 bits per heavy atom. The van der Waals surface area contributed by atoms with Crippen molar-refractivity contribution in [3.05, 3.63) is 24.3 Å². The Morgan fingerprint density at radius 3 is 2.27 bits per heavy atom. The second-order valence-corrected chi connectivity index (χ2v) is 8.63. The van der Waals surface area contributed by atoms with Gasteiger partial charge in [-0.05, 0) is 51.2 Å². The predicted molar refractivity (Wildman–Crippen MR) is 91.7 cm³/mol. The third-order valence-corrected chi connectivity index (χ3v) is 3.51. The van der Waals surface area contributed by atoms with Crippen LogP contribution in [0.2, 0.25) is 0 Å². The van der Waals surface area contributed by atoms with Crippen molar-refractivity contribution in [1.82, 2.24) is 5.32 Å². The van der Waals surface area contributed by atoms with Gasteiger partial charge in [-0.15, -0.1) is 0 Å². The third-order valence-electron chi connectivity index (χ3n) is 3.51. The van der Waals surface area contributed by atoms with E-state index in [0.29, 0.717) is 18.8 Å². The number of nitrogens with one attached hydrogen (secondary N) is 1. The van der Waals surface area contributed by atoms with Gasteiger partial charge in [-0.2, -0.15) is 0 Å². The van der Waals surface area contributed by atoms with Crippen molar-refractivity contribution >= 4 is 0 Å². The summed E-state index contributed by atoms with van der Waals surface area (Å²) in [6, 6.07) is 8.57. The van der Waals surface area contributed by atoms with E-state index in [2.05, 4.69) is 46.9 Å². The molecule has 0 saturated heterocycles. The number of hydrogen-bond acceptors (Lipinski definition) is 3. The molecule has 0 spiro atoms. The third kappa shape index (κ3) is 5.88. The fraction of sp³-hybridized carbons (Fsp3) is 0.684. The van der Waals surface area contributed by atoms with E-state index < -0.39 is 0 Å². The van der Waals surface area contributed by atoms with E-state index in [-0.39, 0.29) is 11.0 Å². The van der Waals surface area contributed by atoms with Crippen LogP contribution in [-0.2, 0) is 0 Å². The molecular weight excluding hydrogens is 274 g/mol. The van der Waals surface area contributed by atoms with Crippen LogP contribution in [0.5, 0.6) is 11.5 Å². The SMILES string of the molecule is CC(C)(C)COc1cccc(O[C@H]2C[C@H](NC(C)(C)C)C2)c1. The Bertz CT molecular complexity index is 479. The van der Waals surface area contributed by atoms with Crippen molar-refractivity contribution in [3.8, 4) is 11.5 Å². The quantitative estimate of drug-likeness (QED) is 0.874. The Balaban J connectivity index is 1.80. The minimum atomic E-state index is 0.163. The lowest BCUT2D eigenvalue weighted by Crippen LogP contribution is -2.53. The average Bonchev–Trinajstić information content (AvgIpc) is 2.32. The lowest BCUT2D eigenvalue weighted by Gasteiger charge is -2.40. The van der Waals surface area contributed by atoms with E-state index in [0.717, 1.165) is 24.3 Å². The van der Waals surface area contributed by atoms with Gasteiger partial charge in [0, 0.05) is 17.6 Å². The van der Waals surface area contributed by atoms with Crippen LogP contribution < -0.4 is 14.8 Å². The molecule has 1 aromatic rings. The van der Waals surface area contributed by atoms with Crippen LogP contribution >= 0.6 is 0 Å². The molecule has 0 aromatic heterocycles. The Hall–Kier alpha value is -1.22. The molecular formula is C19H31NO2. The highest BCUT2D eigenvalue weighted by Gasteiger charge is 2.33. The van der Waals surface area contributed by atoms with Crippen LogP contribution in [0.3, 0.4) is 0 Å². The number of benzene rings is 1. The average molecular weight is 305 g/mol. The maximum Gasteiger partial charge on any atom is 0.123 e. The molecule has 1 aliphatic rings. The van der Waals surface area contributed by atoms with Gasteiger partial charge in [-0.1, -0.05) is 26.8 Å². The summed E-state index contributed by atoms with van der Waals surface area (Å²) in [5, 5.41) is 3.61. The van der Waals surface area contributed by atoms with Gasteiger partial charge in [0.2, 0.25) is 0 Å². The van der Waals surface area contributed by atoms with E-state index >= 15 is 0 Å². The van der Waals surface area contributed by atoms with Crippen LogP contribution in [0, 0.1) is 5.41 Å². The number of ether oxygens (including phenoxy) is 2. The zero-order chi connectivity index (χ0) is 16.4. The minimum absolute atomic E-state index is 0.163. The van der Waals surface area contributed by atoms with E-state index in [1.165, 1.54) is 0 Å². The molecule has 3 nitrogen and oxygen atoms in total. The van der Waals surface area contributed by atoms with Crippen molar-refractivity contribution in [2.75, 3.05) is 6.61 Å². The second-order valence-electron chi connectivity index (χ2n) is 8.63. The lowest BCUT2D eigenvalue weighted by molar-refractivity contribution is 0.0730. The normalized spacial score (nSPS) is 22.1. The van der Waals surface area contributed by atoms with Crippen molar-refractivity contribution in [1.29, 1.82) is 0 Å². The fourth-order valence-corrected chi connectivity index (χ4v) is 2.52. The highest BCUT2D eigenvalue weighted by molar-refractivity contribution is 5.33. The first kappa shape index (κ1) is 17.1. The molecule has 1 fully saturated rings. The molecule has 0 amide bonds. The van der Waals surface area contributed by atoms with Crippen LogP contribution in [0.1, 0.15) is 54.4 Å². The lowest BCUT2D eigenvalue weighted by atomic mass is 9.87. The van der Waals surface area contributed by atoms with Crippen LogP contribution in [0.4, 0.5) is 0 Å². The molecule has 0 aliphatic heterocycles. The molecule has 3 heteroatoms. The molecule has 0 radical (unpaired) electrons. The van der Waals surface area contributed by atoms with Crippen molar-refractivity contribution < 1.29 is 9.47 Å². The molecule has 0 heterocycles. The van der Waals surface area contributed by atoms with Crippen LogP contribution in [0.25, 0.3) is 0 Å². The first-order valence-corrected chi connectivity index (χ1v) is 8.28. The van der Waals surface area contributed by atoms with E-state index in [9.17, 15) is 0 Å². The van der Waals surface area contributed by atoms with Gasteiger partial charge in [-0.3, -0.25) is 0 Å². The minimum Gasteiger partial charge on any atom is -0.493 e. The van der Waals surface area contributed by atoms with Crippen molar-refractivity contribution in [2.24, 2.45) is 5.41 Å². The topological polar surface area (TPSA) is 30.5 Å².